The molecule has 13 nitrogen and oxygen atoms in total. The van der Waals surface area contributed by atoms with E-state index in [4.69, 9.17) is 9.72 Å². The highest BCUT2D eigenvalue weighted by atomic mass is 32.1. The first kappa shape index (κ1) is 35.2. The Morgan fingerprint density at radius 3 is 2.70 bits per heavy atom. The molecule has 0 bridgehead atoms. The van der Waals surface area contributed by atoms with Gasteiger partial charge >= 0.3 is 0 Å². The number of carbonyl (C=O) groups is 2. The van der Waals surface area contributed by atoms with Gasteiger partial charge in [0.1, 0.15) is 5.82 Å². The van der Waals surface area contributed by atoms with Gasteiger partial charge in [-0.1, -0.05) is 6.58 Å². The third kappa shape index (κ3) is 6.54. The number of nitrogens with zero attached hydrogens (tertiary/aromatic N) is 6. The molecule has 3 aliphatic heterocycles. The Kier molecular flexibility index (Phi) is 9.62. The summed E-state index contributed by atoms with van der Waals surface area (Å²) in [7, 11) is 1.64. The molecule has 0 saturated carbocycles. The standard InChI is InChI=1S/C39H44N8O5S/c1-4-34(49)42-30-17-24(9-10-32(30)46-16-15-45(18-23(46)2)25-21-52-22-25)41-36-39(51)44(3)19-31(43-36)26-11-13-40-37(29(26)20-48)47-14-12-28-27-7-5-6-8-33(27)53-35(28)38(47)50/h4,9-11,13,17,19,23,25,48H,1,5-8,12,14-16,18,20-22H2,2-3H3,(H,41,43)(H,42,49)/t23-/m0/s1. The molecule has 0 spiro atoms. The SMILES string of the molecule is C=CC(=O)Nc1cc(Nc2nc(-c3ccnc(N4CCc5c(sc6c5CCCC6)C4=O)c3CO)cn(C)c2=O)ccc1N1CCN(C2COC2)C[C@@H]1C. The molecule has 4 aromatic rings. The first-order valence-electron chi connectivity index (χ1n) is 18.3. The first-order valence-corrected chi connectivity index (χ1v) is 19.1. The number of fused-ring (bicyclic) bond motifs is 3. The van der Waals surface area contributed by atoms with Crippen molar-refractivity contribution in [2.24, 2.45) is 7.05 Å². The van der Waals surface area contributed by atoms with Gasteiger partial charge in [-0.25, -0.2) is 9.97 Å². The van der Waals surface area contributed by atoms with Gasteiger partial charge in [0.05, 0.1) is 47.8 Å². The predicted octanol–water partition coefficient (Wildman–Crippen LogP) is 4.26. The number of aliphatic hydroxyl groups excluding tert-OH is 1. The molecule has 1 aromatic carbocycles. The van der Waals surface area contributed by atoms with Crippen LogP contribution >= 0.6 is 11.3 Å². The maximum absolute atomic E-state index is 13.9. The summed E-state index contributed by atoms with van der Waals surface area (Å²) >= 11 is 1.61. The van der Waals surface area contributed by atoms with E-state index < -0.39 is 0 Å². The van der Waals surface area contributed by atoms with Gasteiger partial charge in [-0.15, -0.1) is 11.3 Å². The Bertz CT molecular complexity index is 2160. The molecule has 53 heavy (non-hydrogen) atoms. The van der Waals surface area contributed by atoms with E-state index in [-0.39, 0.29) is 35.8 Å². The van der Waals surface area contributed by atoms with E-state index in [1.54, 1.807) is 47.8 Å². The molecule has 1 aliphatic carbocycles. The number of piperazine rings is 1. The van der Waals surface area contributed by atoms with Gasteiger partial charge in [0.2, 0.25) is 5.91 Å². The van der Waals surface area contributed by atoms with Crippen LogP contribution in [0.25, 0.3) is 11.3 Å². The maximum Gasteiger partial charge on any atom is 0.293 e. The molecule has 2 fully saturated rings. The van der Waals surface area contributed by atoms with E-state index >= 15 is 0 Å². The number of aliphatic hydroxyl groups is 1. The zero-order valence-electron chi connectivity index (χ0n) is 30.1. The third-order valence-electron chi connectivity index (χ3n) is 10.9. The van der Waals surface area contributed by atoms with Crippen molar-refractivity contribution in [2.45, 2.75) is 57.7 Å². The lowest BCUT2D eigenvalue weighted by Gasteiger charge is -2.46. The number of carbonyl (C=O) groups excluding carboxylic acids is 2. The smallest absolute Gasteiger partial charge is 0.293 e. The van der Waals surface area contributed by atoms with Crippen LogP contribution in [-0.2, 0) is 42.4 Å². The van der Waals surface area contributed by atoms with Crippen LogP contribution < -0.4 is 26.0 Å². The molecule has 3 N–H and O–H groups in total. The monoisotopic (exact) mass is 736 g/mol. The molecular formula is C39H44N8O5S. The minimum atomic E-state index is -0.377. The highest BCUT2D eigenvalue weighted by Crippen LogP contribution is 2.40. The minimum Gasteiger partial charge on any atom is -0.392 e. The van der Waals surface area contributed by atoms with E-state index in [0.29, 0.717) is 46.6 Å². The van der Waals surface area contributed by atoms with Crippen molar-refractivity contribution >= 4 is 51.8 Å². The lowest BCUT2D eigenvalue weighted by molar-refractivity contribution is -0.111. The fourth-order valence-corrected chi connectivity index (χ4v) is 9.43. The molecule has 6 heterocycles. The molecule has 276 valence electrons. The van der Waals surface area contributed by atoms with Crippen molar-refractivity contribution in [2.75, 3.05) is 59.8 Å². The largest absolute Gasteiger partial charge is 0.392 e. The number of amides is 2. The van der Waals surface area contributed by atoms with E-state index in [9.17, 15) is 19.5 Å². The Morgan fingerprint density at radius 2 is 1.94 bits per heavy atom. The molecule has 4 aliphatic rings. The Hall–Kier alpha value is -4.89. The van der Waals surface area contributed by atoms with Crippen molar-refractivity contribution in [3.8, 4) is 11.3 Å². The average Bonchev–Trinajstić information content (AvgIpc) is 3.53. The van der Waals surface area contributed by atoms with Crippen LogP contribution in [0.1, 0.15) is 51.0 Å². The van der Waals surface area contributed by atoms with Crippen LogP contribution in [0.5, 0.6) is 0 Å². The maximum atomic E-state index is 13.9. The number of hydrogen-bond acceptors (Lipinski definition) is 11. The molecule has 8 rings (SSSR count). The van der Waals surface area contributed by atoms with E-state index in [0.717, 1.165) is 75.5 Å². The van der Waals surface area contributed by atoms with E-state index in [1.807, 2.05) is 12.1 Å². The number of thiophene rings is 1. The van der Waals surface area contributed by atoms with Crippen LogP contribution in [0.15, 0.2) is 54.1 Å². The highest BCUT2D eigenvalue weighted by Gasteiger charge is 2.35. The fourth-order valence-electron chi connectivity index (χ4n) is 8.04. The first-order chi connectivity index (χ1) is 25.7. The summed E-state index contributed by atoms with van der Waals surface area (Å²) in [5, 5.41) is 16.9. The molecular weight excluding hydrogens is 693 g/mol. The topological polar surface area (TPSA) is 145 Å². The highest BCUT2D eigenvalue weighted by molar-refractivity contribution is 7.14. The van der Waals surface area contributed by atoms with Crippen molar-refractivity contribution in [3.63, 3.8) is 0 Å². The van der Waals surface area contributed by atoms with E-state index in [2.05, 4.69) is 38.9 Å². The number of pyridine rings is 1. The molecule has 2 amide bonds. The minimum absolute atomic E-state index is 0.0635. The normalized spacial score (nSPS) is 19.0. The molecule has 2 saturated heterocycles. The van der Waals surface area contributed by atoms with Crippen molar-refractivity contribution in [1.29, 1.82) is 0 Å². The number of aryl methyl sites for hydroxylation is 2. The Labute approximate surface area is 311 Å². The molecule has 3 aromatic heterocycles. The van der Waals surface area contributed by atoms with Crippen LogP contribution in [0.2, 0.25) is 0 Å². The van der Waals surface area contributed by atoms with Gasteiger partial charge in [0.25, 0.3) is 11.5 Å². The van der Waals surface area contributed by atoms with Gasteiger partial charge < -0.3 is 29.9 Å². The van der Waals surface area contributed by atoms with Gasteiger partial charge in [-0.3, -0.25) is 24.2 Å². The summed E-state index contributed by atoms with van der Waals surface area (Å²) < 4.78 is 6.85. The summed E-state index contributed by atoms with van der Waals surface area (Å²) in [6.07, 6.45) is 9.56. The molecule has 14 heteroatoms. The van der Waals surface area contributed by atoms with Crippen LogP contribution in [-0.4, -0.2) is 87.8 Å². The third-order valence-corrected chi connectivity index (χ3v) is 12.2. The predicted molar refractivity (Wildman–Crippen MR) is 207 cm³/mol. The quantitative estimate of drug-likeness (QED) is 0.213. The average molecular weight is 737 g/mol. The lowest BCUT2D eigenvalue weighted by atomic mass is 9.92. The van der Waals surface area contributed by atoms with Crippen LogP contribution in [0.4, 0.5) is 28.7 Å². The van der Waals surface area contributed by atoms with Gasteiger partial charge in [-0.2, -0.15) is 0 Å². The lowest BCUT2D eigenvalue weighted by Crippen LogP contribution is -2.59. The second kappa shape index (κ2) is 14.5. The molecule has 1 atom stereocenters. The number of anilines is 5. The number of nitrogens with one attached hydrogen (secondary N) is 2. The summed E-state index contributed by atoms with van der Waals surface area (Å²) in [5.74, 6) is 0.0253. The van der Waals surface area contributed by atoms with Crippen LogP contribution in [0.3, 0.4) is 0 Å². The van der Waals surface area contributed by atoms with Gasteiger partial charge in [0.15, 0.2) is 5.82 Å². The fraction of sp³-hybridized carbons (Fsp3) is 0.410. The summed E-state index contributed by atoms with van der Waals surface area (Å²) in [5.41, 5.74) is 5.65. The number of ether oxygens (including phenoxy) is 1. The van der Waals surface area contributed by atoms with Gasteiger partial charge in [-0.05, 0) is 80.5 Å². The second-order valence-corrected chi connectivity index (χ2v) is 15.3. The number of aromatic nitrogens is 3. The number of rotatable bonds is 9. The van der Waals surface area contributed by atoms with Crippen molar-refractivity contribution in [3.05, 3.63) is 86.1 Å². The number of hydrogen-bond donors (Lipinski definition) is 3. The summed E-state index contributed by atoms with van der Waals surface area (Å²) in [6, 6.07) is 8.00. The van der Waals surface area contributed by atoms with Crippen molar-refractivity contribution in [1.82, 2.24) is 19.4 Å². The second-order valence-electron chi connectivity index (χ2n) is 14.2. The number of benzene rings is 1. The Morgan fingerprint density at radius 1 is 1.11 bits per heavy atom. The Balaban J connectivity index is 1.09. The van der Waals surface area contributed by atoms with Gasteiger partial charge in [0, 0.05) is 73.4 Å². The van der Waals surface area contributed by atoms with Crippen molar-refractivity contribution < 1.29 is 19.4 Å². The molecule has 0 unspecified atom stereocenters. The summed E-state index contributed by atoms with van der Waals surface area (Å²) in [4.78, 5) is 57.8. The molecule has 0 radical (unpaired) electrons. The van der Waals surface area contributed by atoms with E-state index in [1.165, 1.54) is 26.6 Å². The zero-order valence-corrected chi connectivity index (χ0v) is 30.9. The summed E-state index contributed by atoms with van der Waals surface area (Å²) in [6.45, 7) is 9.98. The zero-order chi connectivity index (χ0) is 36.8. The van der Waals surface area contributed by atoms with Crippen LogP contribution in [0, 0.1) is 0 Å².